The summed E-state index contributed by atoms with van der Waals surface area (Å²) in [5.74, 6) is 1.01. The second-order valence-electron chi connectivity index (χ2n) is 4.05. The molecule has 0 radical (unpaired) electrons. The van der Waals surface area contributed by atoms with Crippen molar-refractivity contribution in [3.8, 4) is 0 Å². The molecule has 1 aliphatic heterocycles. The molecule has 5 heteroatoms. The average Bonchev–Trinajstić information content (AvgIpc) is 2.68. The second-order valence-corrected chi connectivity index (χ2v) is 4.05. The standard InChI is InChI=1S/C10H19N5/c1-11-7-9-8-12-10(13-9)15-5-3-14(2)4-6-15/h8,11H,3-7H2,1-2H3,(H,12,13). The lowest BCUT2D eigenvalue weighted by Crippen LogP contribution is -2.44. The van der Waals surface area contributed by atoms with Gasteiger partial charge in [0.2, 0.25) is 5.95 Å². The van der Waals surface area contributed by atoms with Crippen molar-refractivity contribution in [3.05, 3.63) is 11.9 Å². The first-order chi connectivity index (χ1) is 7.29. The Labute approximate surface area is 90.5 Å². The zero-order valence-corrected chi connectivity index (χ0v) is 9.45. The van der Waals surface area contributed by atoms with Crippen molar-refractivity contribution in [1.82, 2.24) is 20.2 Å². The highest BCUT2D eigenvalue weighted by Crippen LogP contribution is 2.11. The molecule has 0 amide bonds. The van der Waals surface area contributed by atoms with Gasteiger partial charge in [0.15, 0.2) is 0 Å². The number of aromatic amines is 1. The maximum atomic E-state index is 4.40. The van der Waals surface area contributed by atoms with E-state index in [4.69, 9.17) is 0 Å². The number of nitrogens with one attached hydrogen (secondary N) is 2. The zero-order chi connectivity index (χ0) is 10.7. The Hall–Kier alpha value is -1.07. The van der Waals surface area contributed by atoms with Crippen LogP contribution in [0.3, 0.4) is 0 Å². The smallest absolute Gasteiger partial charge is 0.203 e. The summed E-state index contributed by atoms with van der Waals surface area (Å²) >= 11 is 0. The summed E-state index contributed by atoms with van der Waals surface area (Å²) in [5.41, 5.74) is 1.14. The van der Waals surface area contributed by atoms with Crippen LogP contribution >= 0.6 is 0 Å². The first-order valence-corrected chi connectivity index (χ1v) is 5.41. The largest absolute Gasteiger partial charge is 0.340 e. The molecule has 2 rings (SSSR count). The van der Waals surface area contributed by atoms with Gasteiger partial charge < -0.3 is 20.1 Å². The van der Waals surface area contributed by atoms with Crippen molar-refractivity contribution in [2.45, 2.75) is 6.54 Å². The fourth-order valence-corrected chi connectivity index (χ4v) is 1.81. The molecule has 2 N–H and O–H groups in total. The van der Waals surface area contributed by atoms with E-state index in [2.05, 4.69) is 32.1 Å². The third kappa shape index (κ3) is 2.49. The number of H-pyrrole nitrogens is 1. The number of aromatic nitrogens is 2. The quantitative estimate of drug-likeness (QED) is 0.728. The van der Waals surface area contributed by atoms with Crippen molar-refractivity contribution < 1.29 is 0 Å². The number of hydrogen-bond donors (Lipinski definition) is 2. The maximum Gasteiger partial charge on any atom is 0.203 e. The van der Waals surface area contributed by atoms with Crippen LogP contribution in [0.5, 0.6) is 0 Å². The van der Waals surface area contributed by atoms with Crippen molar-refractivity contribution in [1.29, 1.82) is 0 Å². The van der Waals surface area contributed by atoms with E-state index < -0.39 is 0 Å². The van der Waals surface area contributed by atoms with E-state index in [1.54, 1.807) is 0 Å². The Morgan fingerprint density at radius 2 is 2.13 bits per heavy atom. The van der Waals surface area contributed by atoms with Crippen LogP contribution in [0, 0.1) is 0 Å². The molecule has 0 aliphatic carbocycles. The van der Waals surface area contributed by atoms with Crippen LogP contribution in [0.1, 0.15) is 5.69 Å². The minimum Gasteiger partial charge on any atom is -0.340 e. The average molecular weight is 209 g/mol. The molecule has 2 heterocycles. The SMILES string of the molecule is CNCc1cnc(N2CCN(C)CC2)[nH]1. The summed E-state index contributed by atoms with van der Waals surface area (Å²) in [4.78, 5) is 12.4. The highest BCUT2D eigenvalue weighted by atomic mass is 15.3. The predicted molar refractivity (Wildman–Crippen MR) is 61.1 cm³/mol. The molecular formula is C10H19N5. The van der Waals surface area contributed by atoms with E-state index in [0.29, 0.717) is 0 Å². The summed E-state index contributed by atoms with van der Waals surface area (Å²) in [6.45, 7) is 5.19. The number of piperazine rings is 1. The summed E-state index contributed by atoms with van der Waals surface area (Å²) in [7, 11) is 4.10. The van der Waals surface area contributed by atoms with E-state index in [1.165, 1.54) is 0 Å². The minimum absolute atomic E-state index is 0.848. The number of hydrogen-bond acceptors (Lipinski definition) is 4. The van der Waals surface area contributed by atoms with Gasteiger partial charge in [-0.1, -0.05) is 0 Å². The van der Waals surface area contributed by atoms with Gasteiger partial charge in [-0.3, -0.25) is 0 Å². The van der Waals surface area contributed by atoms with Crippen LogP contribution < -0.4 is 10.2 Å². The topological polar surface area (TPSA) is 47.2 Å². The van der Waals surface area contributed by atoms with E-state index in [-0.39, 0.29) is 0 Å². The van der Waals surface area contributed by atoms with Crippen LogP contribution in [0.25, 0.3) is 0 Å². The Morgan fingerprint density at radius 1 is 1.40 bits per heavy atom. The maximum absolute atomic E-state index is 4.40. The van der Waals surface area contributed by atoms with Crippen LogP contribution in [0.4, 0.5) is 5.95 Å². The Balaban J connectivity index is 1.96. The third-order valence-corrected chi connectivity index (χ3v) is 2.79. The van der Waals surface area contributed by atoms with Crippen molar-refractivity contribution in [2.75, 3.05) is 45.2 Å². The lowest BCUT2D eigenvalue weighted by atomic mass is 10.3. The molecule has 1 fully saturated rings. The molecule has 0 bridgehead atoms. The summed E-state index contributed by atoms with van der Waals surface area (Å²) in [6.07, 6.45) is 1.91. The van der Waals surface area contributed by atoms with Crippen LogP contribution in [0.2, 0.25) is 0 Å². The number of rotatable bonds is 3. The molecule has 1 saturated heterocycles. The summed E-state index contributed by atoms with van der Waals surface area (Å²) in [6, 6.07) is 0. The van der Waals surface area contributed by atoms with Crippen LogP contribution in [-0.2, 0) is 6.54 Å². The van der Waals surface area contributed by atoms with E-state index in [0.717, 1.165) is 44.4 Å². The molecule has 0 unspecified atom stereocenters. The highest BCUT2D eigenvalue weighted by Gasteiger charge is 2.16. The predicted octanol–water partition coefficient (Wildman–Crippen LogP) is -0.119. The zero-order valence-electron chi connectivity index (χ0n) is 9.45. The first-order valence-electron chi connectivity index (χ1n) is 5.41. The molecule has 0 aromatic carbocycles. The molecule has 0 atom stereocenters. The third-order valence-electron chi connectivity index (χ3n) is 2.79. The fraction of sp³-hybridized carbons (Fsp3) is 0.700. The van der Waals surface area contributed by atoms with E-state index in [1.807, 2.05) is 13.2 Å². The summed E-state index contributed by atoms with van der Waals surface area (Å²) < 4.78 is 0. The van der Waals surface area contributed by atoms with Crippen LogP contribution in [-0.4, -0.2) is 55.1 Å². The van der Waals surface area contributed by atoms with Gasteiger partial charge in [0, 0.05) is 32.7 Å². The molecule has 1 aromatic rings. The van der Waals surface area contributed by atoms with Crippen molar-refractivity contribution in [2.24, 2.45) is 0 Å². The lowest BCUT2D eigenvalue weighted by Gasteiger charge is -2.32. The monoisotopic (exact) mass is 209 g/mol. The molecule has 15 heavy (non-hydrogen) atoms. The van der Waals surface area contributed by atoms with Gasteiger partial charge in [-0.05, 0) is 14.1 Å². The van der Waals surface area contributed by atoms with Gasteiger partial charge in [-0.25, -0.2) is 4.98 Å². The number of imidazole rings is 1. The lowest BCUT2D eigenvalue weighted by molar-refractivity contribution is 0.311. The molecule has 5 nitrogen and oxygen atoms in total. The first kappa shape index (κ1) is 10.4. The Kier molecular flexibility index (Phi) is 3.23. The summed E-state index contributed by atoms with van der Waals surface area (Å²) in [5, 5.41) is 3.11. The molecule has 1 aromatic heterocycles. The molecule has 84 valence electrons. The highest BCUT2D eigenvalue weighted by molar-refractivity contribution is 5.32. The normalized spacial score (nSPS) is 18.4. The second kappa shape index (κ2) is 4.63. The van der Waals surface area contributed by atoms with Gasteiger partial charge in [0.05, 0.1) is 11.9 Å². The van der Waals surface area contributed by atoms with Gasteiger partial charge in [0.1, 0.15) is 0 Å². The molecule has 1 aliphatic rings. The van der Waals surface area contributed by atoms with Crippen LogP contribution in [0.15, 0.2) is 6.20 Å². The number of nitrogens with zero attached hydrogens (tertiary/aromatic N) is 3. The fourth-order valence-electron chi connectivity index (χ4n) is 1.81. The minimum atomic E-state index is 0.848. The molecular weight excluding hydrogens is 190 g/mol. The molecule has 0 spiro atoms. The van der Waals surface area contributed by atoms with Gasteiger partial charge in [0.25, 0.3) is 0 Å². The Morgan fingerprint density at radius 3 is 2.80 bits per heavy atom. The van der Waals surface area contributed by atoms with Crippen molar-refractivity contribution in [3.63, 3.8) is 0 Å². The van der Waals surface area contributed by atoms with Gasteiger partial charge in [-0.15, -0.1) is 0 Å². The Bertz CT molecular complexity index is 301. The van der Waals surface area contributed by atoms with Gasteiger partial charge >= 0.3 is 0 Å². The van der Waals surface area contributed by atoms with Crippen molar-refractivity contribution >= 4 is 5.95 Å². The van der Waals surface area contributed by atoms with Gasteiger partial charge in [-0.2, -0.15) is 0 Å². The molecule has 0 saturated carbocycles. The van der Waals surface area contributed by atoms with E-state index in [9.17, 15) is 0 Å². The number of likely N-dealkylation sites (N-methyl/N-ethyl adjacent to an activating group) is 1. The number of anilines is 1. The van der Waals surface area contributed by atoms with E-state index >= 15 is 0 Å².